The van der Waals surface area contributed by atoms with Crippen LogP contribution >= 0.6 is 11.3 Å². The molecule has 3 aromatic heterocycles. The van der Waals surface area contributed by atoms with Crippen molar-refractivity contribution in [1.82, 2.24) is 28.9 Å². The number of likely N-dealkylation sites (N-methyl/N-ethyl adjacent to an activating group) is 1. The molecule has 10 nitrogen and oxygen atoms in total. The van der Waals surface area contributed by atoms with Crippen LogP contribution < -0.4 is 21.9 Å². The second-order valence-electron chi connectivity index (χ2n) is 11.2. The number of halogens is 2. The molecule has 0 saturated heterocycles. The molecule has 0 fully saturated rings. The SMILES string of the molecule is CCNC(=O)Nc1ccc(-c2sc3c(c2CN(C)CCn2ccnc2)c(=O)n(-c2ccccc2)c(=O)n3Cc2c(F)cccc2F)cc1. The molecule has 246 valence electrons. The van der Waals surface area contributed by atoms with Crippen LogP contribution in [0.2, 0.25) is 0 Å². The molecule has 0 bridgehead atoms. The third-order valence-corrected chi connectivity index (χ3v) is 9.24. The van der Waals surface area contributed by atoms with E-state index in [0.29, 0.717) is 52.8 Å². The lowest BCUT2D eigenvalue weighted by atomic mass is 10.1. The number of anilines is 1. The van der Waals surface area contributed by atoms with Gasteiger partial charge in [0.1, 0.15) is 16.5 Å². The van der Waals surface area contributed by atoms with Gasteiger partial charge < -0.3 is 20.1 Å². The first kappa shape index (κ1) is 32.5. The highest BCUT2D eigenvalue weighted by Gasteiger charge is 2.25. The maximum Gasteiger partial charge on any atom is 0.337 e. The van der Waals surface area contributed by atoms with Gasteiger partial charge in [0, 0.05) is 54.7 Å². The Hall–Kier alpha value is -5.40. The van der Waals surface area contributed by atoms with Gasteiger partial charge >= 0.3 is 11.7 Å². The molecular formula is C35H33F2N7O3S. The second-order valence-corrected chi connectivity index (χ2v) is 12.2. The number of carbonyl (C=O) groups excluding carboxylic acids is 1. The molecule has 0 atom stereocenters. The van der Waals surface area contributed by atoms with Gasteiger partial charge in [-0.25, -0.2) is 27.9 Å². The highest BCUT2D eigenvalue weighted by molar-refractivity contribution is 7.22. The van der Waals surface area contributed by atoms with Crippen molar-refractivity contribution in [2.75, 3.05) is 25.5 Å². The molecule has 0 spiro atoms. The van der Waals surface area contributed by atoms with E-state index in [2.05, 4.69) is 20.5 Å². The van der Waals surface area contributed by atoms with Gasteiger partial charge in [0.2, 0.25) is 0 Å². The Morgan fingerprint density at radius 2 is 1.69 bits per heavy atom. The predicted molar refractivity (Wildman–Crippen MR) is 184 cm³/mol. The number of hydrogen-bond donors (Lipinski definition) is 2. The number of urea groups is 1. The number of aromatic nitrogens is 4. The Labute approximate surface area is 278 Å². The lowest BCUT2D eigenvalue weighted by molar-refractivity contribution is 0.252. The third kappa shape index (κ3) is 6.68. The lowest BCUT2D eigenvalue weighted by Gasteiger charge is -2.18. The van der Waals surface area contributed by atoms with E-state index in [9.17, 15) is 14.4 Å². The van der Waals surface area contributed by atoms with Crippen molar-refractivity contribution in [2.24, 2.45) is 0 Å². The minimum absolute atomic E-state index is 0.283. The molecule has 2 amide bonds. The summed E-state index contributed by atoms with van der Waals surface area (Å²) in [5.74, 6) is -1.59. The van der Waals surface area contributed by atoms with Crippen LogP contribution in [-0.2, 0) is 19.6 Å². The number of para-hydroxylation sites is 1. The molecule has 3 heterocycles. The Morgan fingerprint density at radius 3 is 2.35 bits per heavy atom. The summed E-state index contributed by atoms with van der Waals surface area (Å²) >= 11 is 1.22. The standard InChI is InChI=1S/C35H33F2N7O3S/c1-3-39-34(46)40-24-14-12-23(13-15-24)31-27(20-41(2)18-19-42-17-16-38-22-42)30-32(45)44(25-8-5-4-6-9-25)35(47)43(33(30)48-31)21-26-28(36)10-7-11-29(26)37/h4-17,22H,3,18-21H2,1-2H3,(H2,39,40,46). The highest BCUT2D eigenvalue weighted by atomic mass is 32.1. The number of rotatable bonds is 11. The maximum atomic E-state index is 15.0. The van der Waals surface area contributed by atoms with Crippen molar-refractivity contribution in [3.63, 3.8) is 0 Å². The number of imidazole rings is 1. The van der Waals surface area contributed by atoms with Gasteiger partial charge in [0.25, 0.3) is 5.56 Å². The summed E-state index contributed by atoms with van der Waals surface area (Å²) in [5, 5.41) is 5.76. The van der Waals surface area contributed by atoms with Gasteiger partial charge in [0.05, 0.1) is 23.9 Å². The number of carbonyl (C=O) groups is 1. The Bertz CT molecular complexity index is 2160. The van der Waals surface area contributed by atoms with Crippen molar-refractivity contribution in [3.8, 4) is 16.1 Å². The van der Waals surface area contributed by atoms with E-state index in [-0.39, 0.29) is 17.0 Å². The lowest BCUT2D eigenvalue weighted by Crippen LogP contribution is -2.39. The zero-order valence-electron chi connectivity index (χ0n) is 26.3. The molecule has 0 aliphatic heterocycles. The second kappa shape index (κ2) is 14.2. The van der Waals surface area contributed by atoms with Crippen LogP contribution in [0.5, 0.6) is 0 Å². The largest absolute Gasteiger partial charge is 0.338 e. The zero-order chi connectivity index (χ0) is 33.8. The summed E-state index contributed by atoms with van der Waals surface area (Å²) < 4.78 is 34.3. The summed E-state index contributed by atoms with van der Waals surface area (Å²) in [6, 6.07) is 18.9. The van der Waals surface area contributed by atoms with Crippen LogP contribution in [0, 0.1) is 11.6 Å². The van der Waals surface area contributed by atoms with E-state index in [1.807, 2.05) is 36.9 Å². The Kier molecular flexibility index (Phi) is 9.60. The quantitative estimate of drug-likeness (QED) is 0.185. The van der Waals surface area contributed by atoms with Gasteiger partial charge in [-0.3, -0.25) is 9.36 Å². The summed E-state index contributed by atoms with van der Waals surface area (Å²) in [6.07, 6.45) is 5.31. The number of hydrogen-bond acceptors (Lipinski definition) is 6. The first-order valence-electron chi connectivity index (χ1n) is 15.3. The number of nitrogens with one attached hydrogen (secondary N) is 2. The van der Waals surface area contributed by atoms with Crippen LogP contribution in [0.25, 0.3) is 26.3 Å². The number of amides is 2. The molecule has 3 aromatic carbocycles. The highest BCUT2D eigenvalue weighted by Crippen LogP contribution is 2.38. The molecule has 48 heavy (non-hydrogen) atoms. The Morgan fingerprint density at radius 1 is 0.958 bits per heavy atom. The molecule has 0 radical (unpaired) electrons. The number of fused-ring (bicyclic) bond motifs is 1. The zero-order valence-corrected chi connectivity index (χ0v) is 27.1. The molecule has 0 aliphatic carbocycles. The molecule has 13 heteroatoms. The monoisotopic (exact) mass is 669 g/mol. The van der Waals surface area contributed by atoms with E-state index < -0.39 is 29.4 Å². The summed E-state index contributed by atoms with van der Waals surface area (Å²) in [7, 11) is 1.93. The molecule has 0 unspecified atom stereocenters. The van der Waals surface area contributed by atoms with Crippen LogP contribution in [0.1, 0.15) is 18.1 Å². The number of benzene rings is 3. The molecule has 2 N–H and O–H groups in total. The fourth-order valence-corrected chi connectivity index (χ4v) is 6.84. The summed E-state index contributed by atoms with van der Waals surface area (Å²) in [4.78, 5) is 47.9. The number of nitrogens with zero attached hydrogens (tertiary/aromatic N) is 5. The maximum absolute atomic E-state index is 15.0. The normalized spacial score (nSPS) is 11.4. The van der Waals surface area contributed by atoms with Crippen LogP contribution in [0.15, 0.2) is 101 Å². The molecule has 0 saturated carbocycles. The Balaban J connectivity index is 1.56. The summed E-state index contributed by atoms with van der Waals surface area (Å²) in [5.41, 5.74) is 0.807. The van der Waals surface area contributed by atoms with Gasteiger partial charge in [-0.15, -0.1) is 11.3 Å². The van der Waals surface area contributed by atoms with Gasteiger partial charge in [-0.1, -0.05) is 36.4 Å². The minimum atomic E-state index is -0.793. The minimum Gasteiger partial charge on any atom is -0.338 e. The molecule has 6 aromatic rings. The molecular weight excluding hydrogens is 636 g/mol. The van der Waals surface area contributed by atoms with Crippen molar-refractivity contribution < 1.29 is 13.6 Å². The molecule has 0 aliphatic rings. The van der Waals surface area contributed by atoms with Crippen LogP contribution in [-0.4, -0.2) is 49.8 Å². The third-order valence-electron chi connectivity index (χ3n) is 7.93. The average molecular weight is 670 g/mol. The predicted octanol–water partition coefficient (Wildman–Crippen LogP) is 5.68. The fourth-order valence-electron chi connectivity index (χ4n) is 5.53. The fraction of sp³-hybridized carbons (Fsp3) is 0.200. The first-order valence-corrected chi connectivity index (χ1v) is 16.2. The van der Waals surface area contributed by atoms with E-state index in [0.717, 1.165) is 22.3 Å². The van der Waals surface area contributed by atoms with Gasteiger partial charge in [-0.05, 0) is 61.5 Å². The number of thiophene rings is 1. The van der Waals surface area contributed by atoms with Crippen molar-refractivity contribution >= 4 is 33.3 Å². The summed E-state index contributed by atoms with van der Waals surface area (Å²) in [6.45, 7) is 3.48. The van der Waals surface area contributed by atoms with Gasteiger partial charge in [0.15, 0.2) is 0 Å². The van der Waals surface area contributed by atoms with E-state index in [1.54, 1.807) is 55.0 Å². The van der Waals surface area contributed by atoms with Crippen molar-refractivity contribution in [3.05, 3.63) is 135 Å². The molecule has 6 rings (SSSR count). The van der Waals surface area contributed by atoms with Crippen LogP contribution in [0.3, 0.4) is 0 Å². The van der Waals surface area contributed by atoms with E-state index in [4.69, 9.17) is 0 Å². The topological polar surface area (TPSA) is 106 Å². The van der Waals surface area contributed by atoms with E-state index in [1.165, 1.54) is 22.0 Å². The van der Waals surface area contributed by atoms with E-state index >= 15 is 8.78 Å². The van der Waals surface area contributed by atoms with Crippen molar-refractivity contribution in [1.29, 1.82) is 0 Å². The van der Waals surface area contributed by atoms with Gasteiger partial charge in [-0.2, -0.15) is 0 Å². The smallest absolute Gasteiger partial charge is 0.337 e. The average Bonchev–Trinajstić information content (AvgIpc) is 3.73. The van der Waals surface area contributed by atoms with Crippen molar-refractivity contribution in [2.45, 2.75) is 26.6 Å². The van der Waals surface area contributed by atoms with Crippen LogP contribution in [0.4, 0.5) is 19.3 Å². The first-order chi connectivity index (χ1) is 23.2.